The average molecular weight is 401 g/mol. The molecule has 0 saturated carbocycles. The Bertz CT molecular complexity index is 1200. The zero-order valence-electron chi connectivity index (χ0n) is 15.8. The van der Waals surface area contributed by atoms with Crippen molar-refractivity contribution in [2.45, 2.75) is 19.4 Å². The smallest absolute Gasteiger partial charge is 0.257 e. The summed E-state index contributed by atoms with van der Waals surface area (Å²) in [7, 11) is 0. The number of benzene rings is 3. The fraction of sp³-hybridized carbons (Fsp3) is 0.174. The van der Waals surface area contributed by atoms with Gasteiger partial charge in [-0.3, -0.25) is 10.1 Å². The van der Waals surface area contributed by atoms with E-state index in [2.05, 4.69) is 51.2 Å². The predicted molar refractivity (Wildman–Crippen MR) is 116 cm³/mol. The van der Waals surface area contributed by atoms with Crippen LogP contribution in [0.2, 0.25) is 0 Å². The minimum absolute atomic E-state index is 0.139. The summed E-state index contributed by atoms with van der Waals surface area (Å²) >= 11 is 1.42. The summed E-state index contributed by atoms with van der Waals surface area (Å²) in [6, 6.07) is 20.6. The number of fused-ring (bicyclic) bond motifs is 2. The van der Waals surface area contributed by atoms with Crippen LogP contribution < -0.4 is 10.6 Å². The van der Waals surface area contributed by atoms with E-state index in [-0.39, 0.29) is 5.91 Å². The zero-order valence-corrected chi connectivity index (χ0v) is 16.6. The minimum atomic E-state index is -0.139. The summed E-state index contributed by atoms with van der Waals surface area (Å²) in [6.07, 6.45) is 1.65. The van der Waals surface area contributed by atoms with Gasteiger partial charge >= 0.3 is 0 Å². The number of carbonyl (C=O) groups excluding carboxylic acids is 1. The maximum atomic E-state index is 12.6. The molecule has 2 N–H and O–H groups in total. The largest absolute Gasteiger partial charge is 0.312 e. The quantitative estimate of drug-likeness (QED) is 0.539. The summed E-state index contributed by atoms with van der Waals surface area (Å²) in [5.41, 5.74) is 4.35. The first-order chi connectivity index (χ1) is 14.2. The second kappa shape index (κ2) is 7.73. The van der Waals surface area contributed by atoms with Crippen LogP contribution in [0.4, 0.5) is 5.13 Å². The molecule has 4 aromatic rings. The van der Waals surface area contributed by atoms with Crippen molar-refractivity contribution in [1.82, 2.24) is 15.5 Å². The SMILES string of the molecule is O=C(Nc1nnc(Cc2ccc3ccccc3c2)s1)c1ccc2c(c1)CCNC2. The Hall–Kier alpha value is -3.09. The highest BCUT2D eigenvalue weighted by atomic mass is 32.1. The first-order valence-corrected chi connectivity index (χ1v) is 10.5. The summed E-state index contributed by atoms with van der Waals surface area (Å²) in [5.74, 6) is -0.139. The number of hydrogen-bond acceptors (Lipinski definition) is 5. The molecule has 5 rings (SSSR count). The van der Waals surface area contributed by atoms with Crippen molar-refractivity contribution in [2.75, 3.05) is 11.9 Å². The first kappa shape index (κ1) is 18.0. The van der Waals surface area contributed by atoms with Gasteiger partial charge in [0.05, 0.1) is 0 Å². The Morgan fingerprint density at radius 2 is 1.90 bits per heavy atom. The van der Waals surface area contributed by atoms with Crippen molar-refractivity contribution in [1.29, 1.82) is 0 Å². The van der Waals surface area contributed by atoms with E-state index in [1.54, 1.807) is 0 Å². The molecule has 0 spiro atoms. The fourth-order valence-corrected chi connectivity index (χ4v) is 4.46. The van der Waals surface area contributed by atoms with Gasteiger partial charge in [0.2, 0.25) is 5.13 Å². The van der Waals surface area contributed by atoms with Gasteiger partial charge in [-0.15, -0.1) is 10.2 Å². The van der Waals surface area contributed by atoms with Gasteiger partial charge in [-0.05, 0) is 52.6 Å². The summed E-state index contributed by atoms with van der Waals surface area (Å²) in [6.45, 7) is 1.82. The maximum absolute atomic E-state index is 12.6. The Kier molecular flexibility index (Phi) is 4.79. The van der Waals surface area contributed by atoms with Gasteiger partial charge in [0.15, 0.2) is 0 Å². The molecule has 0 atom stereocenters. The van der Waals surface area contributed by atoms with Gasteiger partial charge in [0.1, 0.15) is 5.01 Å². The van der Waals surface area contributed by atoms with Crippen LogP contribution in [0.1, 0.15) is 32.1 Å². The van der Waals surface area contributed by atoms with Gasteiger partial charge in [0.25, 0.3) is 5.91 Å². The van der Waals surface area contributed by atoms with E-state index in [9.17, 15) is 4.79 Å². The zero-order chi connectivity index (χ0) is 19.6. The number of rotatable bonds is 4. The van der Waals surface area contributed by atoms with Crippen LogP contribution in [-0.4, -0.2) is 22.6 Å². The Morgan fingerprint density at radius 1 is 1.00 bits per heavy atom. The molecule has 0 aliphatic carbocycles. The van der Waals surface area contributed by atoms with Gasteiger partial charge < -0.3 is 5.32 Å². The minimum Gasteiger partial charge on any atom is -0.312 e. The fourth-order valence-electron chi connectivity index (χ4n) is 3.69. The molecular formula is C23H20N4OS. The summed E-state index contributed by atoms with van der Waals surface area (Å²) in [4.78, 5) is 12.6. The van der Waals surface area contributed by atoms with E-state index < -0.39 is 0 Å². The number of amides is 1. The first-order valence-electron chi connectivity index (χ1n) is 9.68. The lowest BCUT2D eigenvalue weighted by atomic mass is 9.98. The van der Waals surface area contributed by atoms with Crippen LogP contribution >= 0.6 is 11.3 Å². The molecule has 6 heteroatoms. The topological polar surface area (TPSA) is 66.9 Å². The number of nitrogens with zero attached hydrogens (tertiary/aromatic N) is 2. The number of nitrogens with one attached hydrogen (secondary N) is 2. The summed E-state index contributed by atoms with van der Waals surface area (Å²) < 4.78 is 0. The van der Waals surface area contributed by atoms with Crippen molar-refractivity contribution < 1.29 is 4.79 Å². The highest BCUT2D eigenvalue weighted by molar-refractivity contribution is 7.15. The lowest BCUT2D eigenvalue weighted by Gasteiger charge is -2.17. The van der Waals surface area contributed by atoms with Crippen molar-refractivity contribution in [3.05, 3.63) is 87.9 Å². The van der Waals surface area contributed by atoms with Crippen LogP contribution in [0.3, 0.4) is 0 Å². The monoisotopic (exact) mass is 400 g/mol. The maximum Gasteiger partial charge on any atom is 0.257 e. The third-order valence-electron chi connectivity index (χ3n) is 5.21. The number of carbonyl (C=O) groups is 1. The predicted octanol–water partition coefficient (Wildman–Crippen LogP) is 4.18. The molecule has 5 nitrogen and oxygen atoms in total. The molecule has 3 aromatic carbocycles. The van der Waals surface area contributed by atoms with Crippen molar-refractivity contribution >= 4 is 33.1 Å². The molecule has 2 heterocycles. The molecule has 0 saturated heterocycles. The third-order valence-corrected chi connectivity index (χ3v) is 6.05. The summed E-state index contributed by atoms with van der Waals surface area (Å²) in [5, 5.41) is 18.5. The van der Waals surface area contributed by atoms with Gasteiger partial charge in [-0.25, -0.2) is 0 Å². The van der Waals surface area contributed by atoms with Crippen LogP contribution in [-0.2, 0) is 19.4 Å². The molecule has 1 amide bonds. The molecule has 0 bridgehead atoms. The molecule has 0 radical (unpaired) electrons. The molecule has 1 aromatic heterocycles. The number of aromatic nitrogens is 2. The molecule has 29 heavy (non-hydrogen) atoms. The Morgan fingerprint density at radius 3 is 2.83 bits per heavy atom. The average Bonchev–Trinajstić information content (AvgIpc) is 3.20. The number of hydrogen-bond donors (Lipinski definition) is 2. The standard InChI is InChI=1S/C23H20N4OS/c28-22(19-7-8-20-14-24-10-9-18(20)13-19)25-23-27-26-21(29-23)12-15-5-6-16-3-1-2-4-17(16)11-15/h1-8,11,13,24H,9-10,12,14H2,(H,25,27,28). The van der Waals surface area contributed by atoms with E-state index in [4.69, 9.17) is 0 Å². The van der Waals surface area contributed by atoms with Gasteiger partial charge in [-0.2, -0.15) is 0 Å². The van der Waals surface area contributed by atoms with Crippen molar-refractivity contribution in [2.24, 2.45) is 0 Å². The molecule has 144 valence electrons. The normalized spacial score (nSPS) is 13.2. The Labute approximate surface area is 172 Å². The van der Waals surface area contributed by atoms with Crippen molar-refractivity contribution in [3.63, 3.8) is 0 Å². The molecule has 0 unspecified atom stereocenters. The second-order valence-corrected chi connectivity index (χ2v) is 8.29. The lowest BCUT2D eigenvalue weighted by Crippen LogP contribution is -2.24. The number of anilines is 1. The highest BCUT2D eigenvalue weighted by Crippen LogP contribution is 2.23. The molecule has 0 fully saturated rings. The van der Waals surface area contributed by atoms with Crippen LogP contribution in [0.15, 0.2) is 60.7 Å². The van der Waals surface area contributed by atoms with E-state index in [0.29, 0.717) is 17.1 Å². The Balaban J connectivity index is 1.29. The van der Waals surface area contributed by atoms with Crippen molar-refractivity contribution in [3.8, 4) is 0 Å². The molecular weight excluding hydrogens is 380 g/mol. The van der Waals surface area contributed by atoms with Crippen LogP contribution in [0.25, 0.3) is 10.8 Å². The van der Waals surface area contributed by atoms with E-state index in [1.165, 1.54) is 38.8 Å². The van der Waals surface area contributed by atoms with Gasteiger partial charge in [-0.1, -0.05) is 59.9 Å². The van der Waals surface area contributed by atoms with Gasteiger partial charge in [0, 0.05) is 18.5 Å². The van der Waals surface area contributed by atoms with Crippen LogP contribution in [0, 0.1) is 0 Å². The van der Waals surface area contributed by atoms with Crippen LogP contribution in [0.5, 0.6) is 0 Å². The highest BCUT2D eigenvalue weighted by Gasteiger charge is 2.14. The third kappa shape index (κ3) is 3.90. The lowest BCUT2D eigenvalue weighted by molar-refractivity contribution is 0.102. The molecule has 1 aliphatic rings. The molecule has 1 aliphatic heterocycles. The van der Waals surface area contributed by atoms with E-state index in [1.807, 2.05) is 30.3 Å². The van der Waals surface area contributed by atoms with E-state index in [0.717, 1.165) is 24.5 Å². The van der Waals surface area contributed by atoms with E-state index >= 15 is 0 Å². The second-order valence-electron chi connectivity index (χ2n) is 7.22.